The van der Waals surface area contributed by atoms with Gasteiger partial charge in [-0.3, -0.25) is 4.79 Å². The molecule has 0 saturated carbocycles. The van der Waals surface area contributed by atoms with Crippen LogP contribution in [0.2, 0.25) is 0 Å². The van der Waals surface area contributed by atoms with Crippen molar-refractivity contribution in [1.82, 2.24) is 10.2 Å². The molecule has 1 aliphatic carbocycles. The normalized spacial score (nSPS) is 19.4. The number of hydrogen-bond acceptors (Lipinski definition) is 2. The van der Waals surface area contributed by atoms with Crippen molar-refractivity contribution < 1.29 is 14.0 Å². The number of nitrogens with one attached hydrogen (secondary N) is 2. The predicted octanol–water partition coefficient (Wildman–Crippen LogP) is 4.86. The van der Waals surface area contributed by atoms with Crippen LogP contribution >= 0.6 is 0 Å². The smallest absolute Gasteiger partial charge is 0.321 e. The standard InChI is InChI=1S/C23H32FN3O2/c24-20-9-11-21(12-10-20)26-23(29)27-16-4-7-19(17-27)8-13-22(28)25-15-14-18-5-2-1-3-6-18/h5,9-12,19H,1-4,6-8,13-17H2,(H,25,28)(H,26,29). The first-order valence-electron chi connectivity index (χ1n) is 10.9. The number of carbonyl (C=O) groups excluding carboxylic acids is 2. The van der Waals surface area contributed by atoms with Gasteiger partial charge in [0.1, 0.15) is 5.82 Å². The van der Waals surface area contributed by atoms with E-state index >= 15 is 0 Å². The Balaban J connectivity index is 1.35. The second-order valence-corrected chi connectivity index (χ2v) is 8.14. The van der Waals surface area contributed by atoms with Crippen LogP contribution < -0.4 is 10.6 Å². The van der Waals surface area contributed by atoms with Gasteiger partial charge in [0.25, 0.3) is 0 Å². The second-order valence-electron chi connectivity index (χ2n) is 8.14. The molecule has 1 heterocycles. The quantitative estimate of drug-likeness (QED) is 0.641. The minimum absolute atomic E-state index is 0.106. The Morgan fingerprint density at radius 1 is 1.14 bits per heavy atom. The van der Waals surface area contributed by atoms with E-state index in [4.69, 9.17) is 0 Å². The molecule has 1 atom stereocenters. The van der Waals surface area contributed by atoms with Crippen molar-refractivity contribution in [2.24, 2.45) is 5.92 Å². The van der Waals surface area contributed by atoms with E-state index in [1.165, 1.54) is 43.4 Å². The molecule has 3 rings (SSSR count). The monoisotopic (exact) mass is 401 g/mol. The van der Waals surface area contributed by atoms with Gasteiger partial charge < -0.3 is 15.5 Å². The zero-order valence-corrected chi connectivity index (χ0v) is 17.1. The fraction of sp³-hybridized carbons (Fsp3) is 0.565. The zero-order valence-electron chi connectivity index (χ0n) is 17.1. The van der Waals surface area contributed by atoms with Crippen LogP contribution in [0.3, 0.4) is 0 Å². The molecular formula is C23H32FN3O2. The number of benzene rings is 1. The average molecular weight is 402 g/mol. The third kappa shape index (κ3) is 7.18. The van der Waals surface area contributed by atoms with E-state index < -0.39 is 0 Å². The maximum absolute atomic E-state index is 13.0. The van der Waals surface area contributed by atoms with Crippen LogP contribution in [0, 0.1) is 11.7 Å². The second kappa shape index (κ2) is 11.0. The molecule has 0 bridgehead atoms. The Morgan fingerprint density at radius 2 is 1.97 bits per heavy atom. The number of nitrogens with zero attached hydrogens (tertiary/aromatic N) is 1. The van der Waals surface area contributed by atoms with Crippen LogP contribution in [0.25, 0.3) is 0 Å². The van der Waals surface area contributed by atoms with Crippen molar-refractivity contribution in [3.8, 4) is 0 Å². The Bertz CT molecular complexity index is 717. The van der Waals surface area contributed by atoms with Gasteiger partial charge in [-0.1, -0.05) is 11.6 Å². The summed E-state index contributed by atoms with van der Waals surface area (Å²) in [4.78, 5) is 26.4. The molecule has 3 amide bonds. The topological polar surface area (TPSA) is 61.4 Å². The molecule has 1 fully saturated rings. The zero-order chi connectivity index (χ0) is 20.5. The lowest BCUT2D eigenvalue weighted by Gasteiger charge is -2.32. The lowest BCUT2D eigenvalue weighted by atomic mass is 9.93. The summed E-state index contributed by atoms with van der Waals surface area (Å²) in [6, 6.07) is 5.62. The summed E-state index contributed by atoms with van der Waals surface area (Å²) in [5.41, 5.74) is 2.07. The maximum Gasteiger partial charge on any atom is 0.321 e. The van der Waals surface area contributed by atoms with Gasteiger partial charge >= 0.3 is 6.03 Å². The van der Waals surface area contributed by atoms with Gasteiger partial charge in [-0.25, -0.2) is 9.18 Å². The molecular weight excluding hydrogens is 369 g/mol. The molecule has 1 saturated heterocycles. The summed E-state index contributed by atoms with van der Waals surface area (Å²) < 4.78 is 13.0. The van der Waals surface area contributed by atoms with E-state index in [0.717, 1.165) is 32.2 Å². The van der Waals surface area contributed by atoms with E-state index in [-0.39, 0.29) is 17.8 Å². The fourth-order valence-corrected chi connectivity index (χ4v) is 4.14. The Morgan fingerprint density at radius 3 is 2.72 bits per heavy atom. The van der Waals surface area contributed by atoms with Gasteiger partial charge in [0.15, 0.2) is 0 Å². The van der Waals surface area contributed by atoms with Crippen LogP contribution in [-0.2, 0) is 4.79 Å². The first-order chi connectivity index (χ1) is 14.1. The van der Waals surface area contributed by atoms with Crippen molar-refractivity contribution in [3.05, 3.63) is 41.7 Å². The molecule has 6 heteroatoms. The van der Waals surface area contributed by atoms with Crippen molar-refractivity contribution in [2.75, 3.05) is 25.0 Å². The third-order valence-electron chi connectivity index (χ3n) is 5.83. The number of amides is 3. The van der Waals surface area contributed by atoms with Gasteiger partial charge in [-0.15, -0.1) is 0 Å². The summed E-state index contributed by atoms with van der Waals surface area (Å²) in [6.45, 7) is 2.10. The Labute approximate surface area is 172 Å². The highest BCUT2D eigenvalue weighted by molar-refractivity contribution is 5.89. The average Bonchev–Trinajstić information content (AvgIpc) is 2.75. The molecule has 1 aromatic carbocycles. The van der Waals surface area contributed by atoms with E-state index in [1.54, 1.807) is 17.0 Å². The molecule has 158 valence electrons. The van der Waals surface area contributed by atoms with Crippen molar-refractivity contribution >= 4 is 17.6 Å². The summed E-state index contributed by atoms with van der Waals surface area (Å²) in [5, 5.41) is 5.86. The van der Waals surface area contributed by atoms with E-state index in [2.05, 4.69) is 16.7 Å². The maximum atomic E-state index is 13.0. The summed E-state index contributed by atoms with van der Waals surface area (Å²) in [6.07, 6.45) is 11.5. The minimum atomic E-state index is -0.324. The summed E-state index contributed by atoms with van der Waals surface area (Å²) in [5.74, 6) is 0.124. The van der Waals surface area contributed by atoms with Crippen LogP contribution in [0.15, 0.2) is 35.9 Å². The van der Waals surface area contributed by atoms with Gasteiger partial charge in [0, 0.05) is 31.7 Å². The van der Waals surface area contributed by atoms with Crippen molar-refractivity contribution in [1.29, 1.82) is 0 Å². The first-order valence-corrected chi connectivity index (χ1v) is 10.9. The van der Waals surface area contributed by atoms with Crippen molar-refractivity contribution in [2.45, 2.75) is 57.8 Å². The summed E-state index contributed by atoms with van der Waals surface area (Å²) in [7, 11) is 0. The number of carbonyl (C=O) groups is 2. The molecule has 5 nitrogen and oxygen atoms in total. The fourth-order valence-electron chi connectivity index (χ4n) is 4.14. The molecule has 29 heavy (non-hydrogen) atoms. The third-order valence-corrected chi connectivity index (χ3v) is 5.83. The van der Waals surface area contributed by atoms with Gasteiger partial charge in [-0.05, 0) is 81.5 Å². The molecule has 1 aliphatic heterocycles. The van der Waals surface area contributed by atoms with Crippen LogP contribution in [0.5, 0.6) is 0 Å². The van der Waals surface area contributed by atoms with Crippen LogP contribution in [0.1, 0.15) is 57.8 Å². The molecule has 2 N–H and O–H groups in total. The number of anilines is 1. The molecule has 0 radical (unpaired) electrons. The van der Waals surface area contributed by atoms with Gasteiger partial charge in [0.2, 0.25) is 5.91 Å². The van der Waals surface area contributed by atoms with E-state index in [0.29, 0.717) is 31.1 Å². The lowest BCUT2D eigenvalue weighted by Crippen LogP contribution is -2.42. The van der Waals surface area contributed by atoms with Crippen molar-refractivity contribution in [3.63, 3.8) is 0 Å². The lowest BCUT2D eigenvalue weighted by molar-refractivity contribution is -0.121. The number of urea groups is 1. The first kappa shape index (κ1) is 21.3. The molecule has 0 aromatic heterocycles. The number of hydrogen-bond donors (Lipinski definition) is 2. The summed E-state index contributed by atoms with van der Waals surface area (Å²) >= 11 is 0. The van der Waals surface area contributed by atoms with E-state index in [9.17, 15) is 14.0 Å². The molecule has 1 unspecified atom stereocenters. The minimum Gasteiger partial charge on any atom is -0.356 e. The SMILES string of the molecule is O=C(CCC1CCCN(C(=O)Nc2ccc(F)cc2)C1)NCCC1=CCCCC1. The van der Waals surface area contributed by atoms with Crippen LogP contribution in [0.4, 0.5) is 14.9 Å². The Kier molecular flexibility index (Phi) is 8.08. The number of rotatable bonds is 7. The van der Waals surface area contributed by atoms with Gasteiger partial charge in [-0.2, -0.15) is 0 Å². The highest BCUT2D eigenvalue weighted by Gasteiger charge is 2.24. The molecule has 1 aromatic rings. The molecule has 2 aliphatic rings. The van der Waals surface area contributed by atoms with Crippen LogP contribution in [-0.4, -0.2) is 36.5 Å². The number of likely N-dealkylation sites (tertiary alicyclic amines) is 1. The number of piperidine rings is 1. The predicted molar refractivity (Wildman–Crippen MR) is 113 cm³/mol. The number of allylic oxidation sites excluding steroid dienone is 1. The van der Waals surface area contributed by atoms with Gasteiger partial charge in [0.05, 0.1) is 0 Å². The number of halogens is 1. The van der Waals surface area contributed by atoms with E-state index in [1.807, 2.05) is 0 Å². The largest absolute Gasteiger partial charge is 0.356 e. The highest BCUT2D eigenvalue weighted by Crippen LogP contribution is 2.22. The molecule has 0 spiro atoms. The Hall–Kier alpha value is -2.37. The highest BCUT2D eigenvalue weighted by atomic mass is 19.1.